The fourth-order valence-corrected chi connectivity index (χ4v) is 2.72. The van der Waals surface area contributed by atoms with Crippen molar-refractivity contribution in [1.29, 1.82) is 0 Å². The Morgan fingerprint density at radius 3 is 2.59 bits per heavy atom. The van der Waals surface area contributed by atoms with E-state index in [0.29, 0.717) is 5.41 Å². The van der Waals surface area contributed by atoms with Gasteiger partial charge in [-0.2, -0.15) is 5.10 Å². The van der Waals surface area contributed by atoms with Crippen molar-refractivity contribution in [3.8, 4) is 11.3 Å². The highest BCUT2D eigenvalue weighted by atomic mass is 15.2. The molecule has 1 aromatic heterocycles. The van der Waals surface area contributed by atoms with E-state index in [-0.39, 0.29) is 0 Å². The minimum Gasteiger partial charge on any atom is -0.275 e. The Balaban J connectivity index is 2.12. The van der Waals surface area contributed by atoms with Gasteiger partial charge in [-0.1, -0.05) is 38.1 Å². The lowest BCUT2D eigenvalue weighted by atomic mass is 9.90. The molecule has 0 saturated heterocycles. The summed E-state index contributed by atoms with van der Waals surface area (Å²) in [5.41, 5.74) is 4.18. The molecule has 0 N–H and O–H groups in total. The largest absolute Gasteiger partial charge is 0.275 e. The van der Waals surface area contributed by atoms with Crippen molar-refractivity contribution in [2.45, 2.75) is 25.7 Å². The lowest BCUT2D eigenvalue weighted by Crippen LogP contribution is -2.05. The van der Waals surface area contributed by atoms with Gasteiger partial charge in [0.25, 0.3) is 0 Å². The predicted octanol–water partition coefficient (Wildman–Crippen LogP) is 3.38. The van der Waals surface area contributed by atoms with E-state index in [0.717, 1.165) is 11.6 Å². The van der Waals surface area contributed by atoms with Crippen molar-refractivity contribution in [1.82, 2.24) is 9.78 Å². The second-order valence-corrected chi connectivity index (χ2v) is 5.44. The van der Waals surface area contributed by atoms with E-state index in [1.165, 1.54) is 17.5 Å². The molecule has 2 nitrogen and oxygen atoms in total. The number of aryl methyl sites for hydroxylation is 1. The van der Waals surface area contributed by atoms with Gasteiger partial charge in [0.05, 0.1) is 5.69 Å². The lowest BCUT2D eigenvalue weighted by molar-refractivity contribution is 0.702. The molecule has 1 saturated carbocycles. The SMILES string of the molecule is CC1CC1(C)c1ccccc1-c1ccn(C)n1. The first-order valence-corrected chi connectivity index (χ1v) is 6.21. The summed E-state index contributed by atoms with van der Waals surface area (Å²) >= 11 is 0. The van der Waals surface area contributed by atoms with Gasteiger partial charge in [-0.25, -0.2) is 0 Å². The average Bonchev–Trinajstić information content (AvgIpc) is 2.75. The Labute approximate surface area is 102 Å². The number of nitrogens with zero attached hydrogens (tertiary/aromatic N) is 2. The number of hydrogen-bond donors (Lipinski definition) is 0. The molecule has 2 atom stereocenters. The number of rotatable bonds is 2. The molecule has 2 heteroatoms. The van der Waals surface area contributed by atoms with Crippen molar-refractivity contribution < 1.29 is 0 Å². The van der Waals surface area contributed by atoms with Crippen LogP contribution in [0, 0.1) is 5.92 Å². The highest BCUT2D eigenvalue weighted by molar-refractivity contribution is 5.66. The molecule has 1 aliphatic carbocycles. The van der Waals surface area contributed by atoms with Gasteiger partial charge in [0.1, 0.15) is 0 Å². The summed E-state index contributed by atoms with van der Waals surface area (Å²) in [6.07, 6.45) is 3.29. The average molecular weight is 226 g/mol. The Bertz CT molecular complexity index is 556. The van der Waals surface area contributed by atoms with Crippen LogP contribution in [0.5, 0.6) is 0 Å². The first kappa shape index (κ1) is 10.6. The van der Waals surface area contributed by atoms with Gasteiger partial charge < -0.3 is 0 Å². The quantitative estimate of drug-likeness (QED) is 0.767. The van der Waals surface area contributed by atoms with Gasteiger partial charge in [-0.15, -0.1) is 0 Å². The van der Waals surface area contributed by atoms with E-state index >= 15 is 0 Å². The molecule has 2 aromatic rings. The molecule has 1 heterocycles. The summed E-state index contributed by atoms with van der Waals surface area (Å²) < 4.78 is 1.87. The van der Waals surface area contributed by atoms with Crippen LogP contribution in [-0.2, 0) is 12.5 Å². The zero-order valence-corrected chi connectivity index (χ0v) is 10.6. The van der Waals surface area contributed by atoms with Crippen LogP contribution < -0.4 is 0 Å². The molecule has 0 spiro atoms. The van der Waals surface area contributed by atoms with Crippen LogP contribution in [0.2, 0.25) is 0 Å². The van der Waals surface area contributed by atoms with E-state index in [1.54, 1.807) is 0 Å². The molecule has 1 fully saturated rings. The third-order valence-corrected chi connectivity index (χ3v) is 4.19. The molecule has 3 rings (SSSR count). The molecule has 0 amide bonds. The minimum atomic E-state index is 0.355. The highest BCUT2D eigenvalue weighted by Gasteiger charge is 2.48. The van der Waals surface area contributed by atoms with Crippen molar-refractivity contribution in [2.24, 2.45) is 13.0 Å². The van der Waals surface area contributed by atoms with Crippen LogP contribution in [-0.4, -0.2) is 9.78 Å². The summed E-state index contributed by atoms with van der Waals surface area (Å²) in [5.74, 6) is 0.785. The molecule has 1 aromatic carbocycles. The van der Waals surface area contributed by atoms with E-state index < -0.39 is 0 Å². The van der Waals surface area contributed by atoms with E-state index in [2.05, 4.69) is 49.3 Å². The maximum Gasteiger partial charge on any atom is 0.0925 e. The fraction of sp³-hybridized carbons (Fsp3) is 0.400. The monoisotopic (exact) mass is 226 g/mol. The summed E-state index contributed by atoms with van der Waals surface area (Å²) in [5, 5.41) is 4.52. The minimum absolute atomic E-state index is 0.355. The second kappa shape index (κ2) is 3.46. The van der Waals surface area contributed by atoms with Gasteiger partial charge in [0.2, 0.25) is 0 Å². The standard InChI is InChI=1S/C15H18N2/c1-11-10-15(11,2)13-7-5-4-6-12(13)14-8-9-17(3)16-14/h4-9,11H,10H2,1-3H3. The molecule has 2 unspecified atom stereocenters. The van der Waals surface area contributed by atoms with Crippen LogP contribution in [0.4, 0.5) is 0 Å². The number of benzene rings is 1. The van der Waals surface area contributed by atoms with E-state index in [9.17, 15) is 0 Å². The van der Waals surface area contributed by atoms with Gasteiger partial charge in [0, 0.05) is 18.8 Å². The van der Waals surface area contributed by atoms with Gasteiger partial charge in [-0.3, -0.25) is 4.68 Å². The maximum absolute atomic E-state index is 4.52. The zero-order valence-electron chi connectivity index (χ0n) is 10.6. The van der Waals surface area contributed by atoms with E-state index in [4.69, 9.17) is 0 Å². The predicted molar refractivity (Wildman–Crippen MR) is 69.8 cm³/mol. The third kappa shape index (κ3) is 1.59. The first-order valence-electron chi connectivity index (χ1n) is 6.21. The second-order valence-electron chi connectivity index (χ2n) is 5.44. The maximum atomic E-state index is 4.52. The van der Waals surface area contributed by atoms with Crippen LogP contribution >= 0.6 is 0 Å². The van der Waals surface area contributed by atoms with Gasteiger partial charge >= 0.3 is 0 Å². The molecule has 0 radical (unpaired) electrons. The Kier molecular flexibility index (Phi) is 2.15. The number of aromatic nitrogens is 2. The zero-order chi connectivity index (χ0) is 12.0. The third-order valence-electron chi connectivity index (χ3n) is 4.19. The van der Waals surface area contributed by atoms with Crippen molar-refractivity contribution in [3.63, 3.8) is 0 Å². The Morgan fingerprint density at radius 1 is 1.29 bits per heavy atom. The molecule has 0 bridgehead atoms. The van der Waals surface area contributed by atoms with Crippen molar-refractivity contribution in [2.75, 3.05) is 0 Å². The normalized spacial score (nSPS) is 27.1. The summed E-state index contributed by atoms with van der Waals surface area (Å²) in [6.45, 7) is 4.69. The number of hydrogen-bond acceptors (Lipinski definition) is 1. The van der Waals surface area contributed by atoms with Crippen molar-refractivity contribution in [3.05, 3.63) is 42.1 Å². The van der Waals surface area contributed by atoms with Crippen LogP contribution in [0.15, 0.2) is 36.5 Å². The molecule has 88 valence electrons. The smallest absolute Gasteiger partial charge is 0.0925 e. The highest BCUT2D eigenvalue weighted by Crippen LogP contribution is 2.55. The van der Waals surface area contributed by atoms with Crippen LogP contribution in [0.3, 0.4) is 0 Å². The first-order chi connectivity index (χ1) is 8.11. The van der Waals surface area contributed by atoms with Gasteiger partial charge in [-0.05, 0) is 29.4 Å². The van der Waals surface area contributed by atoms with E-state index in [1.807, 2.05) is 17.9 Å². The molecule has 17 heavy (non-hydrogen) atoms. The molecular weight excluding hydrogens is 208 g/mol. The summed E-state index contributed by atoms with van der Waals surface area (Å²) in [7, 11) is 1.97. The Morgan fingerprint density at radius 2 is 2.00 bits per heavy atom. The molecular formula is C15H18N2. The topological polar surface area (TPSA) is 17.8 Å². The summed E-state index contributed by atoms with van der Waals surface area (Å²) in [4.78, 5) is 0. The lowest BCUT2D eigenvalue weighted by Gasteiger charge is -2.14. The molecule has 0 aliphatic heterocycles. The fourth-order valence-electron chi connectivity index (χ4n) is 2.72. The van der Waals surface area contributed by atoms with Crippen LogP contribution in [0.1, 0.15) is 25.8 Å². The summed E-state index contributed by atoms with van der Waals surface area (Å²) in [6, 6.07) is 10.8. The molecule has 1 aliphatic rings. The Hall–Kier alpha value is -1.57. The van der Waals surface area contributed by atoms with Crippen LogP contribution in [0.25, 0.3) is 11.3 Å². The van der Waals surface area contributed by atoms with Crippen molar-refractivity contribution >= 4 is 0 Å². The van der Waals surface area contributed by atoms with Gasteiger partial charge in [0.15, 0.2) is 0 Å².